The van der Waals surface area contributed by atoms with Crippen LogP contribution in [0.4, 0.5) is 68.2 Å². The first kappa shape index (κ1) is 142. The quantitative estimate of drug-likeness (QED) is 0.121. The molecule has 4 nitrogen and oxygen atoms in total. The Balaban J connectivity index is -0.00000177. The van der Waals surface area contributed by atoms with Crippen LogP contribution in [0.15, 0.2) is 72.8 Å². The maximum Gasteiger partial charge on any atom is 0.0525 e. The standard InChI is InChI=1S/4C30H39N.2C3H8.9C2H6/c4*1-16-14-13-15-17(2)28(16)31(29-24(9)20(5)18(3)21(6)25(29)10)30-26(11)22(7)19(4)23(8)27(30)12;2*1-3-2;9*1-2/h4*13-15H,1-12H3;2*3H2,1-2H3;9*1-2H3. The van der Waals surface area contributed by atoms with E-state index in [-0.39, 0.29) is 0 Å². The molecule has 148 heavy (non-hydrogen) atoms. The molecule has 0 aliphatic heterocycles. The second-order valence-electron chi connectivity index (χ2n) is 39.5. The summed E-state index contributed by atoms with van der Waals surface area (Å²) in [5.74, 6) is 0. The average molecular weight is 2010 g/mol. The minimum Gasteiger partial charge on any atom is -0.309 e. The van der Waals surface area contributed by atoms with Crippen LogP contribution >= 0.6 is 0 Å². The average Bonchev–Trinajstić information content (AvgIpc) is 0.747. The molecule has 0 radical (unpaired) electrons. The van der Waals surface area contributed by atoms with Gasteiger partial charge in [-0.1, -0.05) is 238 Å². The van der Waals surface area contributed by atoms with E-state index in [1.165, 1.54) is 348 Å². The molecule has 0 unspecified atom stereocenters. The molecule has 0 fully saturated rings. The molecule has 12 aromatic carbocycles. The van der Waals surface area contributed by atoms with Gasteiger partial charge >= 0.3 is 0 Å². The van der Waals surface area contributed by atoms with Gasteiger partial charge in [0.25, 0.3) is 0 Å². The molecule has 0 saturated carbocycles. The van der Waals surface area contributed by atoms with Gasteiger partial charge in [-0.3, -0.25) is 0 Å². The van der Waals surface area contributed by atoms with Crippen molar-refractivity contribution in [2.45, 2.75) is 498 Å². The molecule has 0 spiro atoms. The molecule has 0 aliphatic rings. The van der Waals surface area contributed by atoms with Gasteiger partial charge in [0, 0.05) is 0 Å². The van der Waals surface area contributed by atoms with E-state index < -0.39 is 0 Å². The third-order valence-electron chi connectivity index (χ3n) is 32.1. The molecule has 4 heteroatoms. The first-order valence-electron chi connectivity index (χ1n) is 57.5. The number of para-hydroxylation sites is 4. The Morgan fingerprint density at radius 3 is 0.216 bits per heavy atom. The summed E-state index contributed by atoms with van der Waals surface area (Å²) in [6.45, 7) is 154. The second-order valence-corrected chi connectivity index (χ2v) is 39.5. The number of anilines is 12. The molecule has 12 aromatic rings. The summed E-state index contributed by atoms with van der Waals surface area (Å²) in [6.07, 6.45) is 2.50. The maximum absolute atomic E-state index is 2.58. The number of rotatable bonds is 12. The SMILES string of the molecule is CC.CC.CC.CC.CC.CC.CC.CC.CC.CCC.CCC.Cc1cccc(C)c1N(c1c(C)c(C)c(C)c(C)c1C)c1c(C)c(C)c(C)c(C)c1C.Cc1cccc(C)c1N(c1c(C)c(C)c(C)c(C)c1C)c1c(C)c(C)c(C)c(C)c1C.Cc1cccc(C)c1N(c1c(C)c(C)c(C)c(C)c1C)c1c(C)c(C)c(C)c(C)c1C.Cc1cccc(C)c1N(c1c(C)c(C)c(C)c(C)c1C)c1c(C)c(C)c(C)c(C)c1C. The molecule has 12 rings (SSSR count). The van der Waals surface area contributed by atoms with Crippen LogP contribution in [0.25, 0.3) is 0 Å². The summed E-state index contributed by atoms with van der Waals surface area (Å²) in [6, 6.07) is 26.6. The van der Waals surface area contributed by atoms with Crippen LogP contribution < -0.4 is 19.6 Å². The first-order valence-corrected chi connectivity index (χ1v) is 57.5. The van der Waals surface area contributed by atoms with Crippen molar-refractivity contribution in [3.63, 3.8) is 0 Å². The molecule has 0 heterocycles. The molecule has 0 bridgehead atoms. The smallest absolute Gasteiger partial charge is 0.0525 e. The molecular weight excluding hydrogens is 1790 g/mol. The highest BCUT2D eigenvalue weighted by atomic mass is 15.2. The summed E-state index contributed by atoms with van der Waals surface area (Å²) < 4.78 is 0. The Morgan fingerprint density at radius 2 is 0.155 bits per heavy atom. The largest absolute Gasteiger partial charge is 0.309 e. The third kappa shape index (κ3) is 30.2. The highest BCUT2D eigenvalue weighted by Gasteiger charge is 2.34. The van der Waals surface area contributed by atoms with Crippen molar-refractivity contribution in [2.24, 2.45) is 0 Å². The van der Waals surface area contributed by atoms with Gasteiger partial charge in [-0.05, 0) is 599 Å². The van der Waals surface area contributed by atoms with Gasteiger partial charge in [-0.25, -0.2) is 0 Å². The summed E-state index contributed by atoms with van der Waals surface area (Å²) in [4.78, 5) is 10.3. The van der Waals surface area contributed by atoms with Crippen LogP contribution in [0.1, 0.15) is 432 Å². The lowest BCUT2D eigenvalue weighted by Crippen LogP contribution is -2.20. The van der Waals surface area contributed by atoms with Crippen molar-refractivity contribution < 1.29 is 0 Å². The van der Waals surface area contributed by atoms with Gasteiger partial charge in [0.05, 0.1) is 68.2 Å². The highest BCUT2D eigenvalue weighted by Crippen LogP contribution is 2.55. The second kappa shape index (κ2) is 65.8. The maximum atomic E-state index is 2.58. The van der Waals surface area contributed by atoms with Crippen LogP contribution in [0, 0.1) is 332 Å². The highest BCUT2D eigenvalue weighted by molar-refractivity contribution is 5.94. The van der Waals surface area contributed by atoms with Gasteiger partial charge in [-0.2, -0.15) is 0 Å². The number of aryl methyl sites for hydroxylation is 8. The van der Waals surface area contributed by atoms with Crippen LogP contribution in [0.5, 0.6) is 0 Å². The number of nitrogens with zero attached hydrogens (tertiary/aromatic N) is 4. The van der Waals surface area contributed by atoms with Gasteiger partial charge < -0.3 is 19.6 Å². The van der Waals surface area contributed by atoms with E-state index in [9.17, 15) is 0 Å². The van der Waals surface area contributed by atoms with E-state index in [0.29, 0.717) is 0 Å². The zero-order valence-corrected chi connectivity index (χ0v) is 110. The fraction of sp³-hybridized carbons (Fsp3) is 0.500. The summed E-state index contributed by atoms with van der Waals surface area (Å²) >= 11 is 0. The molecule has 0 aromatic heterocycles. The lowest BCUT2D eigenvalue weighted by Gasteiger charge is -2.36. The number of hydrogen-bond donors (Lipinski definition) is 0. The van der Waals surface area contributed by atoms with Gasteiger partial charge in [0.15, 0.2) is 0 Å². The van der Waals surface area contributed by atoms with E-state index in [1.807, 2.05) is 125 Å². The minimum atomic E-state index is 1.25. The topological polar surface area (TPSA) is 13.0 Å². The van der Waals surface area contributed by atoms with Crippen molar-refractivity contribution >= 4 is 68.2 Å². The normalized spacial score (nSPS) is 10.0. The lowest BCUT2D eigenvalue weighted by atomic mass is 9.88. The van der Waals surface area contributed by atoms with Crippen molar-refractivity contribution in [2.75, 3.05) is 19.6 Å². The Hall–Kier alpha value is -10.2. The minimum absolute atomic E-state index is 1.25. The Kier molecular flexibility index (Phi) is 63.1. The molecule has 0 atom stereocenters. The van der Waals surface area contributed by atoms with Crippen LogP contribution in [0.2, 0.25) is 0 Å². The Bertz CT molecular complexity index is 4990. The Morgan fingerprint density at radius 1 is 0.101 bits per heavy atom. The van der Waals surface area contributed by atoms with Crippen molar-refractivity contribution in [3.05, 3.63) is 340 Å². The zero-order chi connectivity index (χ0) is 117. The van der Waals surface area contributed by atoms with Gasteiger partial charge in [-0.15, -0.1) is 0 Å². The fourth-order valence-electron chi connectivity index (χ4n) is 20.5. The molecule has 0 saturated heterocycles. The molecule has 0 amide bonds. The summed E-state index contributed by atoms with van der Waals surface area (Å²) in [5.41, 5.74) is 82.0. The molecular formula is C144H226N4. The number of hydrogen-bond acceptors (Lipinski definition) is 4. The monoisotopic (exact) mass is 2010 g/mol. The van der Waals surface area contributed by atoms with Crippen molar-refractivity contribution in [1.82, 2.24) is 0 Å². The lowest BCUT2D eigenvalue weighted by molar-refractivity contribution is 1.08. The third-order valence-corrected chi connectivity index (χ3v) is 32.1. The zero-order valence-electron chi connectivity index (χ0n) is 110. The van der Waals surface area contributed by atoms with Gasteiger partial charge in [0.2, 0.25) is 0 Å². The van der Waals surface area contributed by atoms with Crippen LogP contribution in [-0.4, -0.2) is 0 Å². The van der Waals surface area contributed by atoms with Crippen LogP contribution in [0.3, 0.4) is 0 Å². The molecule has 822 valence electrons. The molecule has 0 aliphatic carbocycles. The van der Waals surface area contributed by atoms with Crippen molar-refractivity contribution in [1.29, 1.82) is 0 Å². The van der Waals surface area contributed by atoms with Gasteiger partial charge in [0.1, 0.15) is 0 Å². The predicted molar refractivity (Wildman–Crippen MR) is 686 cm³/mol. The van der Waals surface area contributed by atoms with Crippen molar-refractivity contribution in [3.8, 4) is 0 Å². The van der Waals surface area contributed by atoms with Crippen LogP contribution in [-0.2, 0) is 0 Å². The van der Waals surface area contributed by atoms with E-state index in [0.717, 1.165) is 0 Å². The number of benzene rings is 12. The fourth-order valence-corrected chi connectivity index (χ4v) is 20.5. The Labute approximate surface area is 918 Å². The van der Waals surface area contributed by atoms with E-state index in [1.54, 1.807) is 0 Å². The van der Waals surface area contributed by atoms with E-state index >= 15 is 0 Å². The summed E-state index contributed by atoms with van der Waals surface area (Å²) in [7, 11) is 0. The van der Waals surface area contributed by atoms with E-state index in [4.69, 9.17) is 0 Å². The summed E-state index contributed by atoms with van der Waals surface area (Å²) in [5, 5.41) is 0. The molecule has 0 N–H and O–H groups in total. The van der Waals surface area contributed by atoms with E-state index in [2.05, 4.69) is 452 Å². The predicted octanol–water partition coefficient (Wildman–Crippen LogP) is 47.5. The first-order chi connectivity index (χ1) is 69.5.